The molecule has 2 atom stereocenters. The Morgan fingerprint density at radius 1 is 1.17 bits per heavy atom. The molecule has 1 fully saturated rings. The first-order valence-corrected chi connectivity index (χ1v) is 9.65. The van der Waals surface area contributed by atoms with Gasteiger partial charge in [0.25, 0.3) is 0 Å². The summed E-state index contributed by atoms with van der Waals surface area (Å²) in [6.45, 7) is 0. The van der Waals surface area contributed by atoms with E-state index >= 15 is 0 Å². The number of para-hydroxylation sites is 1. The van der Waals surface area contributed by atoms with Crippen LogP contribution in [-0.2, 0) is 0 Å². The van der Waals surface area contributed by atoms with Crippen molar-refractivity contribution in [3.05, 3.63) is 72.3 Å². The lowest BCUT2D eigenvalue weighted by molar-refractivity contribution is 0.777. The van der Waals surface area contributed by atoms with Crippen LogP contribution in [-0.4, -0.2) is 22.3 Å². The highest BCUT2D eigenvalue weighted by Gasteiger charge is 2.47. The van der Waals surface area contributed by atoms with E-state index in [4.69, 9.17) is 0 Å². The van der Waals surface area contributed by atoms with Crippen LogP contribution < -0.4 is 4.90 Å². The summed E-state index contributed by atoms with van der Waals surface area (Å²) < 4.78 is -0.471. The maximum atomic E-state index is 9.80. The van der Waals surface area contributed by atoms with Crippen molar-refractivity contribution in [1.82, 2.24) is 0 Å². The minimum Gasteiger partial charge on any atom is -0.352 e. The van der Waals surface area contributed by atoms with Gasteiger partial charge in [-0.15, -0.1) is 23.5 Å². The van der Waals surface area contributed by atoms with Gasteiger partial charge in [-0.25, -0.2) is 0 Å². The predicted octanol–water partition coefficient (Wildman–Crippen LogP) is 4.86. The van der Waals surface area contributed by atoms with Crippen molar-refractivity contribution in [2.45, 2.75) is 10.1 Å². The van der Waals surface area contributed by atoms with Gasteiger partial charge in [-0.3, -0.25) is 0 Å². The van der Waals surface area contributed by atoms with Gasteiger partial charge in [0.2, 0.25) is 0 Å². The first-order valence-electron chi connectivity index (χ1n) is 7.44. The van der Waals surface area contributed by atoms with E-state index in [0.717, 1.165) is 17.1 Å². The summed E-state index contributed by atoms with van der Waals surface area (Å²) in [7, 11) is 0. The normalized spacial score (nSPS) is 24.0. The molecular weight excluding hydrogens is 320 g/mol. The summed E-state index contributed by atoms with van der Waals surface area (Å²) in [6.07, 6.45) is 6.31. The number of hydrogen-bond acceptors (Lipinski definition) is 4. The Bertz CT molecular complexity index is 709. The largest absolute Gasteiger partial charge is 0.352 e. The average Bonchev–Trinajstić information content (AvgIpc) is 3.00. The second-order valence-corrected chi connectivity index (χ2v) is 7.78. The third-order valence-corrected chi connectivity index (χ3v) is 6.92. The third kappa shape index (κ3) is 3.26. The second-order valence-electron chi connectivity index (χ2n) is 5.28. The summed E-state index contributed by atoms with van der Waals surface area (Å²) in [5.41, 5.74) is 2.32. The van der Waals surface area contributed by atoms with Crippen LogP contribution in [0.15, 0.2) is 66.7 Å². The molecule has 0 unspecified atom stereocenters. The van der Waals surface area contributed by atoms with Gasteiger partial charge in [0, 0.05) is 5.69 Å². The zero-order valence-corrected chi connectivity index (χ0v) is 14.6. The monoisotopic (exact) mass is 338 g/mol. The molecule has 1 saturated heterocycles. The molecule has 3 rings (SSSR count). The third-order valence-electron chi connectivity index (χ3n) is 3.96. The first kappa shape index (κ1) is 16.0. The predicted molar refractivity (Wildman–Crippen MR) is 103 cm³/mol. The van der Waals surface area contributed by atoms with E-state index in [0.29, 0.717) is 0 Å². The molecule has 0 aliphatic carbocycles. The smallest absolute Gasteiger partial charge is 0.173 e. The van der Waals surface area contributed by atoms with E-state index in [-0.39, 0.29) is 6.04 Å². The van der Waals surface area contributed by atoms with E-state index in [9.17, 15) is 5.26 Å². The van der Waals surface area contributed by atoms with Crippen LogP contribution in [0.1, 0.15) is 5.56 Å². The molecule has 0 aromatic heterocycles. The zero-order chi connectivity index (χ0) is 16.1. The molecule has 0 bridgehead atoms. The summed E-state index contributed by atoms with van der Waals surface area (Å²) >= 11 is 3.34. The van der Waals surface area contributed by atoms with E-state index in [1.807, 2.05) is 42.7 Å². The summed E-state index contributed by atoms with van der Waals surface area (Å²) in [6, 6.07) is 23.2. The van der Waals surface area contributed by atoms with Crippen LogP contribution in [0.4, 0.5) is 5.69 Å². The van der Waals surface area contributed by atoms with Gasteiger partial charge in [0.05, 0.1) is 18.0 Å². The zero-order valence-electron chi connectivity index (χ0n) is 12.9. The molecule has 1 aliphatic rings. The number of anilines is 1. The lowest BCUT2D eigenvalue weighted by atomic mass is 10.1. The fourth-order valence-electron chi connectivity index (χ4n) is 2.71. The van der Waals surface area contributed by atoms with Gasteiger partial charge in [-0.1, -0.05) is 60.7 Å². The van der Waals surface area contributed by atoms with Crippen molar-refractivity contribution in [2.24, 2.45) is 0 Å². The van der Waals surface area contributed by atoms with E-state index in [1.165, 1.54) is 0 Å². The van der Waals surface area contributed by atoms with Gasteiger partial charge >= 0.3 is 0 Å². The molecule has 0 radical (unpaired) electrons. The van der Waals surface area contributed by atoms with Crippen molar-refractivity contribution in [3.8, 4) is 6.07 Å². The Morgan fingerprint density at radius 3 is 2.43 bits per heavy atom. The first-order chi connectivity index (χ1) is 11.3. The van der Waals surface area contributed by atoms with Crippen molar-refractivity contribution in [1.29, 1.82) is 5.26 Å². The maximum absolute atomic E-state index is 9.80. The molecule has 0 saturated carbocycles. The van der Waals surface area contributed by atoms with Crippen LogP contribution >= 0.6 is 23.5 Å². The SMILES string of the molecule is CS[C@]1(C#N)SCN(c2ccccc2)[C@@H]1/C=C/c1ccccc1. The standard InChI is InChI=1S/C19H18N2S2/c1-22-19(14-20)18(13-12-16-8-4-2-5-9-16)21(15-23-19)17-10-6-3-7-11-17/h2-13,18H,15H2,1H3/b13-12+/t18-,19-/m1/s1. The number of benzene rings is 2. The Hall–Kier alpha value is -1.83. The van der Waals surface area contributed by atoms with Crippen molar-refractivity contribution >= 4 is 35.3 Å². The molecule has 2 nitrogen and oxygen atoms in total. The number of thioether (sulfide) groups is 2. The van der Waals surface area contributed by atoms with Crippen LogP contribution in [0.2, 0.25) is 0 Å². The molecule has 4 heteroatoms. The Kier molecular flexibility index (Phi) is 5.00. The quantitative estimate of drug-likeness (QED) is 0.795. The fraction of sp³-hybridized carbons (Fsp3) is 0.211. The van der Waals surface area contributed by atoms with Crippen molar-refractivity contribution < 1.29 is 0 Å². The summed E-state index contributed by atoms with van der Waals surface area (Å²) in [5, 5.41) is 9.80. The van der Waals surface area contributed by atoms with Gasteiger partial charge in [-0.2, -0.15) is 5.26 Å². The molecule has 0 N–H and O–H groups in total. The minimum absolute atomic E-state index is 0.0371. The summed E-state index contributed by atoms with van der Waals surface area (Å²) in [5.74, 6) is 0.822. The Labute approximate surface area is 146 Å². The van der Waals surface area contributed by atoms with Gasteiger partial charge < -0.3 is 4.90 Å². The molecule has 0 spiro atoms. The second kappa shape index (κ2) is 7.16. The lowest BCUT2D eigenvalue weighted by Gasteiger charge is -2.29. The van der Waals surface area contributed by atoms with Gasteiger partial charge in [0.15, 0.2) is 4.08 Å². The van der Waals surface area contributed by atoms with Crippen molar-refractivity contribution in [3.63, 3.8) is 0 Å². The fourth-order valence-corrected chi connectivity index (χ4v) is 4.96. The number of nitriles is 1. The van der Waals surface area contributed by atoms with Crippen LogP contribution in [0.5, 0.6) is 0 Å². The number of rotatable bonds is 4. The van der Waals surface area contributed by atoms with Crippen LogP contribution in [0.3, 0.4) is 0 Å². The molecule has 0 amide bonds. The van der Waals surface area contributed by atoms with E-state index < -0.39 is 4.08 Å². The van der Waals surface area contributed by atoms with Crippen LogP contribution in [0.25, 0.3) is 6.08 Å². The topological polar surface area (TPSA) is 27.0 Å². The van der Waals surface area contributed by atoms with E-state index in [1.54, 1.807) is 23.5 Å². The highest BCUT2D eigenvalue weighted by Crippen LogP contribution is 2.48. The highest BCUT2D eigenvalue weighted by atomic mass is 32.2. The Morgan fingerprint density at radius 2 is 1.83 bits per heavy atom. The Balaban J connectivity index is 1.95. The molecule has 1 heterocycles. The number of nitrogens with zero attached hydrogens (tertiary/aromatic N) is 2. The summed E-state index contributed by atoms with van der Waals surface area (Å²) in [4.78, 5) is 2.31. The van der Waals surface area contributed by atoms with Gasteiger partial charge in [0.1, 0.15) is 0 Å². The average molecular weight is 339 g/mol. The molecule has 1 aliphatic heterocycles. The highest BCUT2D eigenvalue weighted by molar-refractivity contribution is 8.18. The molecule has 116 valence electrons. The van der Waals surface area contributed by atoms with E-state index in [2.05, 4.69) is 47.4 Å². The van der Waals surface area contributed by atoms with Crippen molar-refractivity contribution in [2.75, 3.05) is 17.0 Å². The molecule has 2 aromatic rings. The van der Waals surface area contributed by atoms with Crippen LogP contribution in [0, 0.1) is 11.3 Å². The molecule has 23 heavy (non-hydrogen) atoms. The molecular formula is C19H18N2S2. The molecule has 2 aromatic carbocycles. The van der Waals surface area contributed by atoms with Gasteiger partial charge in [-0.05, 0) is 24.0 Å². The maximum Gasteiger partial charge on any atom is 0.173 e. The number of hydrogen-bond donors (Lipinski definition) is 0. The minimum atomic E-state index is -0.471. The lowest BCUT2D eigenvalue weighted by Crippen LogP contribution is -2.39.